The molecule has 4 N–H and O–H groups in total. The van der Waals surface area contributed by atoms with Gasteiger partial charge in [0.25, 0.3) is 11.8 Å². The van der Waals surface area contributed by atoms with E-state index in [-0.39, 0.29) is 25.8 Å². The van der Waals surface area contributed by atoms with Gasteiger partial charge in [0.1, 0.15) is 48.2 Å². The second-order valence-electron chi connectivity index (χ2n) is 13.0. The van der Waals surface area contributed by atoms with Crippen LogP contribution in [0.5, 0.6) is 0 Å². The minimum atomic E-state index is -1.55. The van der Waals surface area contributed by atoms with E-state index < -0.39 is 48.8 Å². The lowest BCUT2D eigenvalue weighted by Gasteiger charge is -2.13. The summed E-state index contributed by atoms with van der Waals surface area (Å²) in [6, 6.07) is 24.3. The highest BCUT2D eigenvalue weighted by Crippen LogP contribution is 2.40. The average molecular weight is 757 g/mol. The molecule has 0 radical (unpaired) electrons. The molecule has 288 valence electrons. The Morgan fingerprint density at radius 1 is 0.727 bits per heavy atom. The zero-order valence-electron chi connectivity index (χ0n) is 29.2. The van der Waals surface area contributed by atoms with Gasteiger partial charge in [-0.25, -0.2) is 27.8 Å². The van der Waals surface area contributed by atoms with Crippen LogP contribution in [0.2, 0.25) is 0 Å². The minimum Gasteiger partial charge on any atom is -0.394 e. The molecular weight excluding hydrogens is 714 g/mol. The largest absolute Gasteiger partial charge is 0.394 e. The van der Waals surface area contributed by atoms with Crippen LogP contribution >= 0.6 is 0 Å². The fraction of sp³-hybridized carbons (Fsp3) is 0.333. The Hall–Kier alpha value is -5.68. The Morgan fingerprint density at radius 3 is 1.60 bits per heavy atom. The van der Waals surface area contributed by atoms with Crippen LogP contribution in [-0.2, 0) is 9.47 Å². The van der Waals surface area contributed by atoms with Crippen molar-refractivity contribution >= 4 is 34.5 Å². The van der Waals surface area contributed by atoms with Crippen molar-refractivity contribution in [2.45, 2.75) is 70.6 Å². The Labute approximate surface area is 315 Å². The number of nitrogens with one attached hydrogen (secondary N) is 2. The molecule has 0 saturated carbocycles. The zero-order valence-corrected chi connectivity index (χ0v) is 29.2. The van der Waals surface area contributed by atoms with Gasteiger partial charge in [0, 0.05) is 17.0 Å². The van der Waals surface area contributed by atoms with Gasteiger partial charge in [-0.2, -0.15) is 10.2 Å². The molecule has 0 bridgehead atoms. The Morgan fingerprint density at radius 2 is 1.18 bits per heavy atom. The Bertz CT molecular complexity index is 2080. The second kappa shape index (κ2) is 16.8. The van der Waals surface area contributed by atoms with Gasteiger partial charge in [0.05, 0.1) is 30.2 Å². The molecule has 2 amide bonds. The van der Waals surface area contributed by atoms with Gasteiger partial charge in [0.2, 0.25) is 0 Å². The summed E-state index contributed by atoms with van der Waals surface area (Å²) in [5, 5.41) is 33.2. The number of aliphatic hydroxyl groups is 2. The van der Waals surface area contributed by atoms with E-state index in [1.807, 2.05) is 19.1 Å². The number of halogens is 2. The number of anilines is 2. The summed E-state index contributed by atoms with van der Waals surface area (Å²) in [4.78, 5) is 33.1. The minimum absolute atomic E-state index is 0. The maximum absolute atomic E-state index is 14.7. The second-order valence-corrected chi connectivity index (χ2v) is 13.0. The van der Waals surface area contributed by atoms with Gasteiger partial charge in [-0.05, 0) is 55.0 Å². The SMILES string of the molecule is C.CC[C@H]1O[C@@H](c2ccc3c(NC(=O)c4ccccc4)ncnn23)[C@H](F)[C@@H]1O.C[C@H]1[C@@H](F)[C@H](c2ccc3c(NC(=O)c4ccccc4)ncnn23)O[C@@H]1CO. The van der Waals surface area contributed by atoms with Crippen molar-refractivity contribution < 1.29 is 38.1 Å². The molecule has 2 aromatic carbocycles. The van der Waals surface area contributed by atoms with Crippen LogP contribution in [0.25, 0.3) is 11.0 Å². The van der Waals surface area contributed by atoms with Crippen LogP contribution in [0, 0.1) is 5.92 Å². The Balaban J connectivity index is 0.000000184. The van der Waals surface area contributed by atoms with E-state index in [0.29, 0.717) is 51.6 Å². The first-order chi connectivity index (χ1) is 26.2. The molecule has 8 rings (SSSR count). The number of aliphatic hydroxyl groups excluding tert-OH is 2. The van der Waals surface area contributed by atoms with Crippen LogP contribution < -0.4 is 10.6 Å². The van der Waals surface area contributed by atoms with Gasteiger partial charge < -0.3 is 30.3 Å². The number of nitrogens with zero attached hydrogens (tertiary/aromatic N) is 6. The number of carbonyl (C=O) groups excluding carboxylic acids is 2. The van der Waals surface area contributed by atoms with Crippen molar-refractivity contribution in [3.05, 3.63) is 120 Å². The van der Waals surface area contributed by atoms with E-state index in [1.165, 1.54) is 21.7 Å². The predicted octanol–water partition coefficient (Wildman–Crippen LogP) is 5.55. The maximum Gasteiger partial charge on any atom is 0.256 e. The van der Waals surface area contributed by atoms with Crippen LogP contribution in [0.3, 0.4) is 0 Å². The normalized spacial score (nSPS) is 24.5. The third-order valence-corrected chi connectivity index (χ3v) is 9.68. The monoisotopic (exact) mass is 756 g/mol. The van der Waals surface area contributed by atoms with Crippen LogP contribution in [0.4, 0.5) is 20.4 Å². The number of benzene rings is 2. The molecule has 8 atom stereocenters. The first-order valence-electron chi connectivity index (χ1n) is 17.5. The molecule has 2 aliphatic heterocycles. The smallest absolute Gasteiger partial charge is 0.256 e. The molecule has 2 fully saturated rings. The quantitative estimate of drug-likeness (QED) is 0.154. The van der Waals surface area contributed by atoms with Crippen LogP contribution in [0.15, 0.2) is 97.6 Å². The van der Waals surface area contributed by atoms with Crippen LogP contribution in [-0.4, -0.2) is 88.5 Å². The van der Waals surface area contributed by atoms with Gasteiger partial charge in [-0.15, -0.1) is 0 Å². The van der Waals surface area contributed by atoms with Crippen molar-refractivity contribution in [2.75, 3.05) is 17.2 Å². The van der Waals surface area contributed by atoms with Crippen LogP contribution in [0.1, 0.15) is 72.0 Å². The van der Waals surface area contributed by atoms with Gasteiger partial charge >= 0.3 is 0 Å². The Kier molecular flexibility index (Phi) is 11.9. The van der Waals surface area contributed by atoms with E-state index in [4.69, 9.17) is 9.47 Å². The summed E-state index contributed by atoms with van der Waals surface area (Å²) in [5.74, 6) is -0.393. The van der Waals surface area contributed by atoms with E-state index in [9.17, 15) is 28.6 Å². The van der Waals surface area contributed by atoms with Crippen molar-refractivity contribution in [3.63, 3.8) is 0 Å². The third-order valence-electron chi connectivity index (χ3n) is 9.68. The molecule has 6 heterocycles. The number of hydrogen-bond acceptors (Lipinski definition) is 10. The number of hydrogen-bond donors (Lipinski definition) is 4. The lowest BCUT2D eigenvalue weighted by molar-refractivity contribution is -0.00712. The van der Waals surface area contributed by atoms with E-state index in [0.717, 1.165) is 0 Å². The van der Waals surface area contributed by atoms with Crippen molar-refractivity contribution in [2.24, 2.45) is 5.92 Å². The molecule has 4 aromatic heterocycles. The summed E-state index contributed by atoms with van der Waals surface area (Å²) in [6.07, 6.45) is -3.79. The van der Waals surface area contributed by atoms with Crippen molar-refractivity contribution in [1.82, 2.24) is 29.2 Å². The predicted molar refractivity (Wildman–Crippen MR) is 199 cm³/mol. The number of amides is 2. The highest BCUT2D eigenvalue weighted by Gasteiger charge is 2.46. The third kappa shape index (κ3) is 7.66. The molecule has 0 aliphatic carbocycles. The zero-order chi connectivity index (χ0) is 37.9. The maximum atomic E-state index is 14.7. The molecule has 0 unspecified atom stereocenters. The number of aromatic nitrogens is 6. The van der Waals surface area contributed by atoms with E-state index in [1.54, 1.807) is 79.7 Å². The molecule has 0 spiro atoms. The standard InChI is InChI=1S/2C19H19FN4O3.CH4/c1-11-15(9-25)27-17(16(11)20)13-7-8-14-18(21-10-22-24(13)14)23-19(26)12-5-3-2-4-6-12;1-2-14-16(25)15(20)17(27-14)12-8-9-13-18(21-10-22-24(12)13)23-19(26)11-6-4-3-5-7-11;/h2-8,10-11,15-17,25H,9H2,1H3,(H,21,22,23,26);3-10,14-17,25H,2H2,1H3,(H,21,22,23,26);1H4/t11-,15-,16-,17+;14-,15-,16-,17+;/m11./s1. The van der Waals surface area contributed by atoms with E-state index in [2.05, 4.69) is 30.8 Å². The lowest BCUT2D eigenvalue weighted by Crippen LogP contribution is -2.27. The first kappa shape index (κ1) is 39.0. The van der Waals surface area contributed by atoms with Crippen molar-refractivity contribution in [3.8, 4) is 0 Å². The fourth-order valence-corrected chi connectivity index (χ4v) is 6.68. The highest BCUT2D eigenvalue weighted by molar-refractivity contribution is 6.06. The number of alkyl halides is 2. The van der Waals surface area contributed by atoms with Gasteiger partial charge in [0.15, 0.2) is 17.8 Å². The molecule has 6 aromatic rings. The van der Waals surface area contributed by atoms with Gasteiger partial charge in [-0.3, -0.25) is 9.59 Å². The number of ether oxygens (including phenoxy) is 2. The first-order valence-corrected chi connectivity index (χ1v) is 17.5. The summed E-state index contributed by atoms with van der Waals surface area (Å²) in [5.41, 5.74) is 3.03. The molecule has 55 heavy (non-hydrogen) atoms. The molecule has 14 nitrogen and oxygen atoms in total. The molecule has 16 heteroatoms. The topological polar surface area (TPSA) is 177 Å². The highest BCUT2D eigenvalue weighted by atomic mass is 19.1. The number of carbonyl (C=O) groups is 2. The number of rotatable bonds is 8. The number of fused-ring (bicyclic) bond motifs is 2. The summed E-state index contributed by atoms with van der Waals surface area (Å²) in [7, 11) is 0. The van der Waals surface area contributed by atoms with Crippen molar-refractivity contribution in [1.29, 1.82) is 0 Å². The lowest BCUT2D eigenvalue weighted by atomic mass is 9.99. The summed E-state index contributed by atoms with van der Waals surface area (Å²) in [6.45, 7) is 3.30. The fourth-order valence-electron chi connectivity index (χ4n) is 6.68. The summed E-state index contributed by atoms with van der Waals surface area (Å²) < 4.78 is 43.6. The molecule has 2 saturated heterocycles. The summed E-state index contributed by atoms with van der Waals surface area (Å²) >= 11 is 0. The van der Waals surface area contributed by atoms with E-state index >= 15 is 0 Å². The average Bonchev–Trinajstić information content (AvgIpc) is 3.97. The molecule has 2 aliphatic rings. The molecular formula is C39H42F2N8O6. The van der Waals surface area contributed by atoms with Gasteiger partial charge in [-0.1, -0.05) is 57.7 Å².